The summed E-state index contributed by atoms with van der Waals surface area (Å²) in [7, 11) is 1.50. The molecular formula is C10H12ClN3O. The summed E-state index contributed by atoms with van der Waals surface area (Å²) in [5.41, 5.74) is 5.92. The van der Waals surface area contributed by atoms with Gasteiger partial charge in [-0.1, -0.05) is 17.7 Å². The minimum Gasteiger partial charge on any atom is -0.494 e. The predicted octanol–water partition coefficient (Wildman–Crippen LogP) is 2.05. The molecule has 0 heterocycles. The Hall–Kier alpha value is -1.55. The maximum atomic E-state index is 7.69. The topological polar surface area (TPSA) is 71.5 Å². The van der Waals surface area contributed by atoms with Crippen molar-refractivity contribution in [2.24, 2.45) is 10.7 Å². The van der Waals surface area contributed by atoms with E-state index in [-0.39, 0.29) is 5.84 Å². The normalized spacial score (nSPS) is 11.3. The summed E-state index contributed by atoms with van der Waals surface area (Å²) >= 11 is 5.91. The van der Waals surface area contributed by atoms with Gasteiger partial charge >= 0.3 is 0 Å². The molecule has 0 unspecified atom stereocenters. The first-order chi connectivity index (χ1) is 7.06. The van der Waals surface area contributed by atoms with Crippen molar-refractivity contribution in [3.63, 3.8) is 0 Å². The van der Waals surface area contributed by atoms with Crippen molar-refractivity contribution in [1.29, 1.82) is 5.41 Å². The fourth-order valence-corrected chi connectivity index (χ4v) is 1.39. The number of amidine groups is 2. The van der Waals surface area contributed by atoms with E-state index in [9.17, 15) is 0 Å². The highest BCUT2D eigenvalue weighted by Crippen LogP contribution is 2.28. The Kier molecular flexibility index (Phi) is 3.68. The van der Waals surface area contributed by atoms with Gasteiger partial charge in [-0.05, 0) is 19.1 Å². The first kappa shape index (κ1) is 11.5. The molecule has 0 saturated carbocycles. The lowest BCUT2D eigenvalue weighted by atomic mass is 10.2. The van der Waals surface area contributed by atoms with Crippen LogP contribution in [0.25, 0.3) is 0 Å². The van der Waals surface area contributed by atoms with E-state index in [1.165, 1.54) is 7.11 Å². The van der Waals surface area contributed by atoms with Gasteiger partial charge < -0.3 is 10.5 Å². The number of rotatable bonds is 2. The van der Waals surface area contributed by atoms with E-state index in [0.29, 0.717) is 22.2 Å². The number of ether oxygens (including phenoxy) is 1. The molecule has 15 heavy (non-hydrogen) atoms. The second kappa shape index (κ2) is 4.79. The molecule has 0 amide bonds. The maximum absolute atomic E-state index is 7.69. The summed E-state index contributed by atoms with van der Waals surface area (Å²) in [5.74, 6) is 0.797. The van der Waals surface area contributed by atoms with E-state index in [1.807, 2.05) is 0 Å². The van der Waals surface area contributed by atoms with E-state index in [4.69, 9.17) is 27.5 Å². The number of methoxy groups -OCH3 is 1. The number of para-hydroxylation sites is 1. The molecule has 0 bridgehead atoms. The van der Waals surface area contributed by atoms with Crippen LogP contribution in [-0.2, 0) is 0 Å². The molecular weight excluding hydrogens is 214 g/mol. The van der Waals surface area contributed by atoms with Gasteiger partial charge in [-0.15, -0.1) is 0 Å². The molecule has 0 atom stereocenters. The van der Waals surface area contributed by atoms with Gasteiger partial charge in [-0.2, -0.15) is 0 Å². The molecule has 0 fully saturated rings. The fraction of sp³-hybridized carbons (Fsp3) is 0.200. The fourth-order valence-electron chi connectivity index (χ4n) is 1.14. The van der Waals surface area contributed by atoms with Crippen LogP contribution in [-0.4, -0.2) is 18.8 Å². The minimum absolute atomic E-state index is 0.0364. The molecule has 0 spiro atoms. The monoisotopic (exact) mass is 225 g/mol. The van der Waals surface area contributed by atoms with E-state index in [1.54, 1.807) is 25.1 Å². The van der Waals surface area contributed by atoms with Crippen LogP contribution in [0.5, 0.6) is 5.75 Å². The van der Waals surface area contributed by atoms with Gasteiger partial charge in [-0.25, -0.2) is 4.99 Å². The zero-order valence-electron chi connectivity index (χ0n) is 8.54. The molecule has 1 rings (SSSR count). The zero-order chi connectivity index (χ0) is 11.4. The molecule has 80 valence electrons. The Morgan fingerprint density at radius 1 is 1.53 bits per heavy atom. The van der Waals surface area contributed by atoms with Gasteiger partial charge in [0.05, 0.1) is 23.5 Å². The second-order valence-corrected chi connectivity index (χ2v) is 3.33. The molecule has 0 aliphatic heterocycles. The number of halogens is 1. The molecule has 0 aliphatic rings. The first-order valence-electron chi connectivity index (χ1n) is 4.28. The lowest BCUT2D eigenvalue weighted by molar-refractivity contribution is 0.414. The largest absolute Gasteiger partial charge is 0.494 e. The van der Waals surface area contributed by atoms with Crippen molar-refractivity contribution in [1.82, 2.24) is 0 Å². The Labute approximate surface area is 93.2 Å². The molecule has 0 aromatic heterocycles. The average Bonchev–Trinajstić information content (AvgIpc) is 2.16. The Balaban J connectivity index is 3.20. The SMILES string of the molecule is COc1c(Cl)cccc1C(=N)N=C(C)N. The first-order valence-corrected chi connectivity index (χ1v) is 4.66. The third-order valence-electron chi connectivity index (χ3n) is 1.71. The summed E-state index contributed by atoms with van der Waals surface area (Å²) in [6.45, 7) is 1.62. The molecule has 0 saturated heterocycles. The van der Waals surface area contributed by atoms with Gasteiger partial charge in [0.15, 0.2) is 5.84 Å². The summed E-state index contributed by atoms with van der Waals surface area (Å²) < 4.78 is 5.10. The van der Waals surface area contributed by atoms with Gasteiger partial charge in [0.2, 0.25) is 0 Å². The highest BCUT2D eigenvalue weighted by Gasteiger charge is 2.10. The van der Waals surface area contributed by atoms with Gasteiger partial charge in [0, 0.05) is 0 Å². The quantitative estimate of drug-likeness (QED) is 0.597. The van der Waals surface area contributed by atoms with E-state index >= 15 is 0 Å². The van der Waals surface area contributed by atoms with Crippen LogP contribution >= 0.6 is 11.6 Å². The molecule has 1 aromatic carbocycles. The third kappa shape index (κ3) is 2.70. The van der Waals surface area contributed by atoms with Gasteiger partial charge in [0.1, 0.15) is 5.75 Å². The van der Waals surface area contributed by atoms with Crippen LogP contribution in [0.15, 0.2) is 23.2 Å². The number of hydrogen-bond acceptors (Lipinski definition) is 2. The molecule has 0 aliphatic carbocycles. The smallest absolute Gasteiger partial charge is 0.157 e. The number of nitrogens with zero attached hydrogens (tertiary/aromatic N) is 1. The van der Waals surface area contributed by atoms with Crippen LogP contribution in [0.2, 0.25) is 5.02 Å². The number of aliphatic imine (C=N–C) groups is 1. The molecule has 3 N–H and O–H groups in total. The van der Waals surface area contributed by atoms with E-state index in [2.05, 4.69) is 4.99 Å². The van der Waals surface area contributed by atoms with Gasteiger partial charge in [0.25, 0.3) is 0 Å². The standard InChI is InChI=1S/C10H12ClN3O/c1-6(12)14-10(13)7-4-3-5-8(11)9(7)15-2/h3-5H,1-2H3,(H3,12,13,14). The number of benzene rings is 1. The zero-order valence-corrected chi connectivity index (χ0v) is 9.30. The van der Waals surface area contributed by atoms with Crippen LogP contribution in [0, 0.1) is 5.41 Å². The highest BCUT2D eigenvalue weighted by molar-refractivity contribution is 6.32. The number of hydrogen-bond donors (Lipinski definition) is 2. The van der Waals surface area contributed by atoms with E-state index in [0.717, 1.165) is 0 Å². The van der Waals surface area contributed by atoms with Crippen LogP contribution < -0.4 is 10.5 Å². The highest BCUT2D eigenvalue weighted by atomic mass is 35.5. The average molecular weight is 226 g/mol. The van der Waals surface area contributed by atoms with Crippen molar-refractivity contribution in [2.75, 3.05) is 7.11 Å². The van der Waals surface area contributed by atoms with E-state index < -0.39 is 0 Å². The summed E-state index contributed by atoms with van der Waals surface area (Å²) in [6, 6.07) is 5.13. The third-order valence-corrected chi connectivity index (χ3v) is 2.01. The van der Waals surface area contributed by atoms with Crippen molar-refractivity contribution in [3.05, 3.63) is 28.8 Å². The Bertz CT molecular complexity index is 411. The van der Waals surface area contributed by atoms with Crippen LogP contribution in [0.3, 0.4) is 0 Å². The predicted molar refractivity (Wildman–Crippen MR) is 62.1 cm³/mol. The van der Waals surface area contributed by atoms with Crippen molar-refractivity contribution in [3.8, 4) is 5.75 Å². The van der Waals surface area contributed by atoms with Crippen molar-refractivity contribution >= 4 is 23.3 Å². The summed E-state index contributed by atoms with van der Waals surface area (Å²) in [4.78, 5) is 3.84. The Morgan fingerprint density at radius 3 is 2.73 bits per heavy atom. The minimum atomic E-state index is 0.0364. The molecule has 0 radical (unpaired) electrons. The van der Waals surface area contributed by atoms with Crippen molar-refractivity contribution < 1.29 is 4.74 Å². The molecule has 4 nitrogen and oxygen atoms in total. The Morgan fingerprint density at radius 2 is 2.20 bits per heavy atom. The number of nitrogens with two attached hydrogens (primary N) is 1. The lowest BCUT2D eigenvalue weighted by Crippen LogP contribution is -2.10. The van der Waals surface area contributed by atoms with Gasteiger partial charge in [-0.3, -0.25) is 5.41 Å². The molecule has 1 aromatic rings. The molecule has 5 heteroatoms. The number of nitrogens with one attached hydrogen (secondary N) is 1. The van der Waals surface area contributed by atoms with Crippen LogP contribution in [0.1, 0.15) is 12.5 Å². The summed E-state index contributed by atoms with van der Waals surface area (Å²) in [6.07, 6.45) is 0. The summed E-state index contributed by atoms with van der Waals surface area (Å²) in [5, 5.41) is 8.14. The maximum Gasteiger partial charge on any atom is 0.157 e. The lowest BCUT2D eigenvalue weighted by Gasteiger charge is -2.08. The second-order valence-electron chi connectivity index (χ2n) is 2.92. The van der Waals surface area contributed by atoms with Crippen molar-refractivity contribution in [2.45, 2.75) is 6.92 Å². The van der Waals surface area contributed by atoms with Crippen LogP contribution in [0.4, 0.5) is 0 Å².